The number of carbonyl (C=O) groups is 1. The summed E-state index contributed by atoms with van der Waals surface area (Å²) in [5.41, 5.74) is 2.93. The van der Waals surface area contributed by atoms with Crippen molar-refractivity contribution in [1.82, 2.24) is 4.57 Å². The van der Waals surface area contributed by atoms with Gasteiger partial charge >= 0.3 is 5.97 Å². The molecule has 6 nitrogen and oxygen atoms in total. The van der Waals surface area contributed by atoms with Crippen LogP contribution in [0.2, 0.25) is 0 Å². The molecule has 1 aliphatic rings. The Morgan fingerprint density at radius 3 is 2.41 bits per heavy atom. The van der Waals surface area contributed by atoms with E-state index in [-0.39, 0.29) is 17.9 Å². The van der Waals surface area contributed by atoms with Gasteiger partial charge in [-0.05, 0) is 99.8 Å². The highest BCUT2D eigenvalue weighted by Gasteiger charge is 2.35. The van der Waals surface area contributed by atoms with Gasteiger partial charge in [-0.3, -0.25) is 9.36 Å². The van der Waals surface area contributed by atoms with Crippen molar-refractivity contribution in [2.75, 3.05) is 12.9 Å². The van der Waals surface area contributed by atoms with E-state index in [1.54, 1.807) is 29.3 Å². The molecule has 0 spiro atoms. The lowest BCUT2D eigenvalue weighted by molar-refractivity contribution is -0.138. The predicted molar refractivity (Wildman–Crippen MR) is 173 cm³/mol. The number of benzene rings is 3. The van der Waals surface area contributed by atoms with E-state index in [0.29, 0.717) is 27.7 Å². The van der Waals surface area contributed by atoms with Crippen LogP contribution in [0.5, 0.6) is 5.75 Å². The Morgan fingerprint density at radius 1 is 1.13 bits per heavy atom. The van der Waals surface area contributed by atoms with Crippen LogP contribution >= 0.6 is 68.3 Å². The molecule has 4 aromatic rings. The molecule has 0 saturated carbocycles. The Kier molecular flexibility index (Phi) is 8.64. The number of ether oxygens (including phenoxy) is 1. The number of thiazole rings is 1. The molecule has 2 heterocycles. The largest absolute Gasteiger partial charge is 0.506 e. The molecular weight excluding hydrogens is 758 g/mol. The van der Waals surface area contributed by atoms with Gasteiger partial charge in [0.2, 0.25) is 0 Å². The third-order valence-electron chi connectivity index (χ3n) is 6.14. The molecule has 10 heteroatoms. The first kappa shape index (κ1) is 28.1. The highest BCUT2D eigenvalue weighted by atomic mass is 127. The standard InChI is InChI=1S/C29H22I2N2O4S2/c1-3-37-28(36)23-24(17-7-5-4-6-8-17)32-29-33(25(23)18-9-11-19(38-2)12-10-18)27(35)22(39-29)15-16-13-20(30)26(34)21(31)14-16/h4-15,25,34H,3H2,1-2H3/b22-15-/t25-/m0/s1. The van der Waals surface area contributed by atoms with Gasteiger partial charge in [0.05, 0.1) is 35.6 Å². The zero-order valence-corrected chi connectivity index (χ0v) is 26.8. The number of carbonyl (C=O) groups excluding carboxylic acids is 1. The summed E-state index contributed by atoms with van der Waals surface area (Å²) in [6.45, 7) is 1.96. The van der Waals surface area contributed by atoms with E-state index < -0.39 is 12.0 Å². The molecule has 0 unspecified atom stereocenters. The van der Waals surface area contributed by atoms with Crippen LogP contribution in [0.3, 0.4) is 0 Å². The second-order valence-electron chi connectivity index (χ2n) is 8.54. The van der Waals surface area contributed by atoms with Gasteiger partial charge in [0, 0.05) is 10.5 Å². The molecule has 1 atom stereocenters. The Hall–Kier alpha value is -2.42. The number of hydrogen-bond donors (Lipinski definition) is 1. The number of rotatable bonds is 6. The van der Waals surface area contributed by atoms with Crippen molar-refractivity contribution in [3.05, 3.63) is 116 Å². The minimum Gasteiger partial charge on any atom is -0.506 e. The van der Waals surface area contributed by atoms with E-state index in [2.05, 4.69) is 45.2 Å². The molecule has 39 heavy (non-hydrogen) atoms. The van der Waals surface area contributed by atoms with E-state index in [0.717, 1.165) is 21.6 Å². The Bertz CT molecular complexity index is 1760. The van der Waals surface area contributed by atoms with E-state index in [4.69, 9.17) is 9.73 Å². The number of aromatic nitrogens is 1. The molecule has 198 valence electrons. The first-order valence-electron chi connectivity index (χ1n) is 11.9. The lowest BCUT2D eigenvalue weighted by Crippen LogP contribution is -2.40. The topological polar surface area (TPSA) is 80.9 Å². The van der Waals surface area contributed by atoms with Crippen LogP contribution in [0.1, 0.15) is 29.7 Å². The molecule has 0 aliphatic carbocycles. The van der Waals surface area contributed by atoms with E-state index in [1.165, 1.54) is 11.3 Å². The predicted octanol–water partition coefficient (Wildman–Crippen LogP) is 5.57. The van der Waals surface area contributed by atoms with Gasteiger partial charge in [-0.25, -0.2) is 9.79 Å². The van der Waals surface area contributed by atoms with Crippen molar-refractivity contribution < 1.29 is 14.6 Å². The Labute approximate surface area is 260 Å². The zero-order valence-electron chi connectivity index (χ0n) is 20.9. The van der Waals surface area contributed by atoms with Gasteiger partial charge in [-0.1, -0.05) is 53.8 Å². The molecule has 3 aromatic carbocycles. The van der Waals surface area contributed by atoms with Gasteiger partial charge < -0.3 is 9.84 Å². The van der Waals surface area contributed by atoms with Gasteiger partial charge in [0.15, 0.2) is 4.80 Å². The molecule has 5 rings (SSSR count). The highest BCUT2D eigenvalue weighted by Crippen LogP contribution is 2.35. The lowest BCUT2D eigenvalue weighted by atomic mass is 9.93. The minimum absolute atomic E-state index is 0.199. The quantitative estimate of drug-likeness (QED) is 0.157. The van der Waals surface area contributed by atoms with Crippen molar-refractivity contribution in [1.29, 1.82) is 0 Å². The number of fused-ring (bicyclic) bond motifs is 1. The summed E-state index contributed by atoms with van der Waals surface area (Å²) in [6, 6.07) is 20.3. The maximum absolute atomic E-state index is 14.0. The Balaban J connectivity index is 1.82. The fraction of sp³-hybridized carbons (Fsp3) is 0.138. The van der Waals surface area contributed by atoms with Crippen molar-refractivity contribution >= 4 is 86.0 Å². The van der Waals surface area contributed by atoms with Crippen LogP contribution in [0.15, 0.2) is 87.0 Å². The maximum atomic E-state index is 14.0. The summed E-state index contributed by atoms with van der Waals surface area (Å²) in [5.74, 6) is -0.286. The molecular formula is C29H22I2N2O4S2. The fourth-order valence-corrected chi connectivity index (χ4v) is 7.59. The van der Waals surface area contributed by atoms with Crippen LogP contribution in [-0.4, -0.2) is 28.5 Å². The first-order chi connectivity index (χ1) is 18.8. The van der Waals surface area contributed by atoms with Crippen LogP contribution in [0.4, 0.5) is 0 Å². The average molecular weight is 780 g/mol. The van der Waals surface area contributed by atoms with Gasteiger partial charge in [0.25, 0.3) is 5.56 Å². The maximum Gasteiger partial charge on any atom is 0.338 e. The van der Waals surface area contributed by atoms with E-state index >= 15 is 0 Å². The van der Waals surface area contributed by atoms with Crippen molar-refractivity contribution in [2.45, 2.75) is 17.9 Å². The first-order valence-corrected chi connectivity index (χ1v) is 16.1. The number of aromatic hydroxyl groups is 1. The van der Waals surface area contributed by atoms with E-state index in [1.807, 2.05) is 73.0 Å². The van der Waals surface area contributed by atoms with E-state index in [9.17, 15) is 14.7 Å². The molecule has 0 fully saturated rings. The summed E-state index contributed by atoms with van der Waals surface area (Å²) < 4.78 is 8.99. The summed E-state index contributed by atoms with van der Waals surface area (Å²) in [5, 5.41) is 10.2. The zero-order chi connectivity index (χ0) is 27.7. The van der Waals surface area contributed by atoms with Crippen LogP contribution < -0.4 is 14.9 Å². The molecule has 1 aliphatic heterocycles. The smallest absolute Gasteiger partial charge is 0.338 e. The SMILES string of the molecule is CCOC(=O)C1=C(c2ccccc2)N=c2s/c(=C\c3cc(I)c(O)c(I)c3)c(=O)n2[C@H]1c1ccc(SC)cc1. The minimum atomic E-state index is -0.714. The van der Waals surface area contributed by atoms with Crippen LogP contribution in [0.25, 0.3) is 11.8 Å². The number of hydrogen-bond acceptors (Lipinski definition) is 7. The number of esters is 1. The molecule has 0 bridgehead atoms. The van der Waals surface area contributed by atoms with Crippen LogP contribution in [-0.2, 0) is 9.53 Å². The van der Waals surface area contributed by atoms with Crippen molar-refractivity contribution in [2.24, 2.45) is 4.99 Å². The van der Waals surface area contributed by atoms with Gasteiger partial charge in [0.1, 0.15) is 5.75 Å². The van der Waals surface area contributed by atoms with Crippen molar-refractivity contribution in [3.8, 4) is 5.75 Å². The number of halogens is 2. The fourth-order valence-electron chi connectivity index (χ4n) is 4.36. The average Bonchev–Trinajstić information content (AvgIpc) is 3.25. The summed E-state index contributed by atoms with van der Waals surface area (Å²) >= 11 is 7.04. The molecule has 0 radical (unpaired) electrons. The summed E-state index contributed by atoms with van der Waals surface area (Å²) in [4.78, 5) is 34.0. The Morgan fingerprint density at radius 2 is 1.79 bits per heavy atom. The molecule has 0 amide bonds. The van der Waals surface area contributed by atoms with Crippen LogP contribution in [0, 0.1) is 7.14 Å². The monoisotopic (exact) mass is 780 g/mol. The summed E-state index contributed by atoms with van der Waals surface area (Å²) in [7, 11) is 0. The van der Waals surface area contributed by atoms with Crippen molar-refractivity contribution in [3.63, 3.8) is 0 Å². The number of thioether (sulfide) groups is 1. The number of nitrogens with zero attached hydrogens (tertiary/aromatic N) is 2. The number of phenolic OH excluding ortho intramolecular Hbond substituents is 1. The van der Waals surface area contributed by atoms with Gasteiger partial charge in [-0.15, -0.1) is 11.8 Å². The second-order valence-corrected chi connectivity index (χ2v) is 12.8. The highest BCUT2D eigenvalue weighted by molar-refractivity contribution is 14.1. The lowest BCUT2D eigenvalue weighted by Gasteiger charge is -2.26. The molecule has 1 aromatic heterocycles. The second kappa shape index (κ2) is 12.0. The third-order valence-corrected chi connectivity index (χ3v) is 9.51. The normalized spacial score (nSPS) is 15.2. The molecule has 1 N–H and O–H groups in total. The molecule has 0 saturated heterocycles. The third kappa shape index (κ3) is 5.61. The summed E-state index contributed by atoms with van der Waals surface area (Å²) in [6.07, 6.45) is 3.80. The number of phenols is 1. The van der Waals surface area contributed by atoms with Gasteiger partial charge in [-0.2, -0.15) is 0 Å².